The Balaban J connectivity index is 1.80. The number of nitrogens with one attached hydrogen (secondary N) is 2. The number of ether oxygens (including phenoxy) is 2. The number of urea groups is 1. The quantitative estimate of drug-likeness (QED) is 0.824. The lowest BCUT2D eigenvalue weighted by Crippen LogP contribution is -2.28. The van der Waals surface area contributed by atoms with Crippen molar-refractivity contribution in [1.29, 1.82) is 0 Å². The molecule has 0 fully saturated rings. The van der Waals surface area contributed by atoms with Crippen molar-refractivity contribution in [1.82, 2.24) is 5.32 Å². The fraction of sp³-hybridized carbons (Fsp3) is 0.278. The summed E-state index contributed by atoms with van der Waals surface area (Å²) in [5, 5.41) is 5.63. The van der Waals surface area contributed by atoms with Crippen LogP contribution < -0.4 is 10.6 Å². The molecule has 2 N–H and O–H groups in total. The number of hydrogen-bond donors (Lipinski definition) is 2. The molecule has 0 aliphatic rings. The van der Waals surface area contributed by atoms with E-state index in [0.29, 0.717) is 19.8 Å². The third-order valence-corrected chi connectivity index (χ3v) is 3.31. The maximum atomic E-state index is 11.9. The molecule has 0 aliphatic carbocycles. The second kappa shape index (κ2) is 8.92. The first-order valence-corrected chi connectivity index (χ1v) is 7.40. The van der Waals surface area contributed by atoms with Gasteiger partial charge in [-0.15, -0.1) is 0 Å². The minimum Gasteiger partial charge on any atom is -0.380 e. The summed E-state index contributed by atoms with van der Waals surface area (Å²) < 4.78 is 10.1. The standard InChI is InChI=1S/C18H22N2O3/c1-22-12-15-5-3-14(4-6-15)11-19-18(21)20-17-9-7-16(8-10-17)13-23-2/h3-10H,11-13H2,1-2H3,(H2,19,20,21). The Bertz CT molecular complexity index is 609. The SMILES string of the molecule is COCc1ccc(CNC(=O)Nc2ccc(COC)cc2)cc1. The second-order valence-electron chi connectivity index (χ2n) is 5.19. The van der Waals surface area contributed by atoms with Gasteiger partial charge in [0.25, 0.3) is 0 Å². The highest BCUT2D eigenvalue weighted by Gasteiger charge is 2.02. The lowest BCUT2D eigenvalue weighted by atomic mass is 10.1. The summed E-state index contributed by atoms with van der Waals surface area (Å²) in [7, 11) is 3.32. The lowest BCUT2D eigenvalue weighted by molar-refractivity contribution is 0.185. The van der Waals surface area contributed by atoms with Gasteiger partial charge in [0.05, 0.1) is 13.2 Å². The van der Waals surface area contributed by atoms with E-state index in [1.54, 1.807) is 14.2 Å². The summed E-state index contributed by atoms with van der Waals surface area (Å²) in [6.45, 7) is 1.62. The molecule has 0 radical (unpaired) electrons. The Kier molecular flexibility index (Phi) is 6.59. The van der Waals surface area contributed by atoms with E-state index < -0.39 is 0 Å². The predicted molar refractivity (Wildman–Crippen MR) is 90.2 cm³/mol. The van der Waals surface area contributed by atoms with Gasteiger partial charge in [-0.1, -0.05) is 36.4 Å². The van der Waals surface area contributed by atoms with Crippen LogP contribution in [0.15, 0.2) is 48.5 Å². The van der Waals surface area contributed by atoms with Crippen molar-refractivity contribution < 1.29 is 14.3 Å². The van der Waals surface area contributed by atoms with Crippen LogP contribution in [-0.2, 0) is 29.2 Å². The summed E-state index contributed by atoms with van der Waals surface area (Å²) in [4.78, 5) is 11.9. The number of carbonyl (C=O) groups excluding carboxylic acids is 1. The Morgan fingerprint density at radius 3 is 1.83 bits per heavy atom. The molecule has 0 spiro atoms. The maximum Gasteiger partial charge on any atom is 0.319 e. The first-order valence-electron chi connectivity index (χ1n) is 7.40. The minimum absolute atomic E-state index is 0.231. The highest BCUT2D eigenvalue weighted by atomic mass is 16.5. The average Bonchev–Trinajstić information content (AvgIpc) is 2.57. The van der Waals surface area contributed by atoms with Crippen LogP contribution >= 0.6 is 0 Å². The number of anilines is 1. The van der Waals surface area contributed by atoms with Crippen molar-refractivity contribution in [2.75, 3.05) is 19.5 Å². The van der Waals surface area contributed by atoms with Crippen molar-refractivity contribution in [3.63, 3.8) is 0 Å². The second-order valence-corrected chi connectivity index (χ2v) is 5.19. The van der Waals surface area contributed by atoms with Gasteiger partial charge < -0.3 is 20.1 Å². The fourth-order valence-electron chi connectivity index (χ4n) is 2.13. The highest BCUT2D eigenvalue weighted by molar-refractivity contribution is 5.89. The number of hydrogen-bond acceptors (Lipinski definition) is 3. The number of amides is 2. The summed E-state index contributed by atoms with van der Waals surface area (Å²) in [6.07, 6.45) is 0. The maximum absolute atomic E-state index is 11.9. The molecule has 0 saturated heterocycles. The minimum atomic E-state index is -0.231. The van der Waals surface area contributed by atoms with Crippen LogP contribution in [0.4, 0.5) is 10.5 Å². The van der Waals surface area contributed by atoms with E-state index in [0.717, 1.165) is 22.4 Å². The third-order valence-electron chi connectivity index (χ3n) is 3.31. The molecule has 5 heteroatoms. The Morgan fingerprint density at radius 2 is 1.30 bits per heavy atom. The number of benzene rings is 2. The third kappa shape index (κ3) is 5.73. The topological polar surface area (TPSA) is 59.6 Å². The molecule has 0 aliphatic heterocycles. The molecule has 0 saturated carbocycles. The van der Waals surface area contributed by atoms with Gasteiger partial charge in [0.1, 0.15) is 0 Å². The van der Waals surface area contributed by atoms with Gasteiger partial charge in [-0.3, -0.25) is 0 Å². The van der Waals surface area contributed by atoms with Crippen LogP contribution in [0.25, 0.3) is 0 Å². The summed E-state index contributed by atoms with van der Waals surface area (Å²) in [6, 6.07) is 15.3. The Morgan fingerprint density at radius 1 is 0.826 bits per heavy atom. The van der Waals surface area contributed by atoms with E-state index >= 15 is 0 Å². The molecule has 2 aromatic rings. The number of carbonyl (C=O) groups is 1. The molecule has 0 atom stereocenters. The van der Waals surface area contributed by atoms with Crippen LogP contribution in [0.3, 0.4) is 0 Å². The first-order chi connectivity index (χ1) is 11.2. The zero-order chi connectivity index (χ0) is 16.5. The molecular weight excluding hydrogens is 292 g/mol. The van der Waals surface area contributed by atoms with Crippen molar-refractivity contribution >= 4 is 11.7 Å². The molecule has 0 heterocycles. The molecule has 2 aromatic carbocycles. The normalized spacial score (nSPS) is 10.3. The van der Waals surface area contributed by atoms with E-state index in [2.05, 4.69) is 10.6 Å². The van der Waals surface area contributed by atoms with E-state index in [4.69, 9.17) is 9.47 Å². The molecule has 0 bridgehead atoms. The first kappa shape index (κ1) is 17.0. The fourth-order valence-corrected chi connectivity index (χ4v) is 2.13. The van der Waals surface area contributed by atoms with Gasteiger partial charge >= 0.3 is 6.03 Å². The van der Waals surface area contributed by atoms with Crippen molar-refractivity contribution in [2.24, 2.45) is 0 Å². The zero-order valence-electron chi connectivity index (χ0n) is 13.5. The van der Waals surface area contributed by atoms with Crippen LogP contribution in [0.2, 0.25) is 0 Å². The van der Waals surface area contributed by atoms with E-state index in [9.17, 15) is 4.79 Å². The zero-order valence-corrected chi connectivity index (χ0v) is 13.5. The number of rotatable bonds is 7. The van der Waals surface area contributed by atoms with Gasteiger partial charge in [0, 0.05) is 26.5 Å². The predicted octanol–water partition coefficient (Wildman–Crippen LogP) is 3.30. The molecular formula is C18H22N2O3. The molecule has 2 amide bonds. The van der Waals surface area contributed by atoms with Crippen LogP contribution in [-0.4, -0.2) is 20.3 Å². The van der Waals surface area contributed by atoms with E-state index in [1.165, 1.54) is 0 Å². The smallest absolute Gasteiger partial charge is 0.319 e. The van der Waals surface area contributed by atoms with Crippen molar-refractivity contribution in [3.8, 4) is 0 Å². The molecule has 2 rings (SSSR count). The van der Waals surface area contributed by atoms with Crippen LogP contribution in [0.1, 0.15) is 16.7 Å². The molecule has 5 nitrogen and oxygen atoms in total. The number of methoxy groups -OCH3 is 2. The van der Waals surface area contributed by atoms with Gasteiger partial charge in [0.15, 0.2) is 0 Å². The molecule has 0 aromatic heterocycles. The van der Waals surface area contributed by atoms with Gasteiger partial charge in [-0.2, -0.15) is 0 Å². The van der Waals surface area contributed by atoms with Crippen LogP contribution in [0.5, 0.6) is 0 Å². The Labute approximate surface area is 136 Å². The summed E-state index contributed by atoms with van der Waals surface area (Å²) >= 11 is 0. The molecule has 23 heavy (non-hydrogen) atoms. The monoisotopic (exact) mass is 314 g/mol. The van der Waals surface area contributed by atoms with Crippen molar-refractivity contribution in [2.45, 2.75) is 19.8 Å². The van der Waals surface area contributed by atoms with Gasteiger partial charge in [0.2, 0.25) is 0 Å². The molecule has 122 valence electrons. The van der Waals surface area contributed by atoms with Crippen LogP contribution in [0, 0.1) is 0 Å². The largest absolute Gasteiger partial charge is 0.380 e. The van der Waals surface area contributed by atoms with E-state index in [-0.39, 0.29) is 6.03 Å². The summed E-state index contributed by atoms with van der Waals surface area (Å²) in [5.41, 5.74) is 3.96. The lowest BCUT2D eigenvalue weighted by Gasteiger charge is -2.09. The van der Waals surface area contributed by atoms with Gasteiger partial charge in [-0.25, -0.2) is 4.79 Å². The average molecular weight is 314 g/mol. The molecule has 0 unspecified atom stereocenters. The van der Waals surface area contributed by atoms with E-state index in [1.807, 2.05) is 48.5 Å². The highest BCUT2D eigenvalue weighted by Crippen LogP contribution is 2.10. The Hall–Kier alpha value is -2.37. The van der Waals surface area contributed by atoms with Crippen molar-refractivity contribution in [3.05, 3.63) is 65.2 Å². The van der Waals surface area contributed by atoms with Gasteiger partial charge in [-0.05, 0) is 28.8 Å². The summed E-state index contributed by atoms with van der Waals surface area (Å²) in [5.74, 6) is 0.